The van der Waals surface area contributed by atoms with Gasteiger partial charge in [-0.15, -0.1) is 0 Å². The van der Waals surface area contributed by atoms with Crippen molar-refractivity contribution >= 4 is 15.8 Å². The van der Waals surface area contributed by atoms with Crippen LogP contribution in [-0.2, 0) is 20.2 Å². The van der Waals surface area contributed by atoms with Crippen molar-refractivity contribution < 1.29 is 54.9 Å². The van der Waals surface area contributed by atoms with E-state index in [4.69, 9.17) is 9.47 Å². The van der Waals surface area contributed by atoms with Gasteiger partial charge in [0.1, 0.15) is 27.9 Å². The molecule has 39 heavy (non-hydrogen) atoms. The number of carbonyl (C=O) groups excluding carboxylic acids is 1. The SMILES string of the molecule is O=C1OC2(c3ccc(O)cc3Oc3cc(O)ccc32)c2cccc(S(=O)(=O)c3c(F)c(F)c(F)c(F)c3F)c21. The zero-order valence-corrected chi connectivity index (χ0v) is 19.7. The fourth-order valence-electron chi connectivity index (χ4n) is 4.87. The van der Waals surface area contributed by atoms with Gasteiger partial charge in [0.2, 0.25) is 15.7 Å². The van der Waals surface area contributed by atoms with E-state index in [0.717, 1.165) is 12.1 Å². The van der Waals surface area contributed by atoms with E-state index in [2.05, 4.69) is 0 Å². The summed E-state index contributed by atoms with van der Waals surface area (Å²) in [5, 5.41) is 20.0. The van der Waals surface area contributed by atoms with Gasteiger partial charge in [-0.2, -0.15) is 0 Å². The molecule has 198 valence electrons. The maximum absolute atomic E-state index is 14.6. The van der Waals surface area contributed by atoms with Crippen LogP contribution in [0.5, 0.6) is 23.0 Å². The van der Waals surface area contributed by atoms with Crippen LogP contribution >= 0.6 is 0 Å². The minimum absolute atomic E-state index is 0.0400. The number of sulfone groups is 1. The minimum Gasteiger partial charge on any atom is -0.508 e. The van der Waals surface area contributed by atoms with Gasteiger partial charge in [0.05, 0.1) is 10.5 Å². The van der Waals surface area contributed by atoms with E-state index in [9.17, 15) is 45.4 Å². The number of aromatic hydroxyl groups is 2. The van der Waals surface area contributed by atoms with E-state index in [1.54, 1.807) is 0 Å². The minimum atomic E-state index is -5.55. The van der Waals surface area contributed by atoms with E-state index in [1.807, 2.05) is 0 Å². The number of benzene rings is 4. The first-order valence-electron chi connectivity index (χ1n) is 10.9. The van der Waals surface area contributed by atoms with E-state index < -0.39 is 65.8 Å². The molecule has 2 N–H and O–H groups in total. The molecule has 4 aromatic rings. The van der Waals surface area contributed by atoms with E-state index >= 15 is 0 Å². The molecule has 2 aliphatic rings. The summed E-state index contributed by atoms with van der Waals surface area (Å²) < 4.78 is 109. The molecule has 2 heterocycles. The molecule has 1 spiro atoms. The molecule has 0 radical (unpaired) electrons. The molecule has 7 nitrogen and oxygen atoms in total. The van der Waals surface area contributed by atoms with Crippen molar-refractivity contribution in [3.63, 3.8) is 0 Å². The van der Waals surface area contributed by atoms with Crippen molar-refractivity contribution in [3.8, 4) is 23.0 Å². The van der Waals surface area contributed by atoms with Crippen molar-refractivity contribution in [1.29, 1.82) is 0 Å². The Morgan fingerprint density at radius 1 is 0.692 bits per heavy atom. The Balaban J connectivity index is 1.68. The second kappa shape index (κ2) is 7.93. The van der Waals surface area contributed by atoms with Crippen LogP contribution in [0.15, 0.2) is 64.4 Å². The van der Waals surface area contributed by atoms with Gasteiger partial charge in [-0.3, -0.25) is 0 Å². The summed E-state index contributed by atoms with van der Waals surface area (Å²) in [7, 11) is -5.55. The maximum Gasteiger partial charge on any atom is 0.341 e. The molecule has 0 saturated carbocycles. The van der Waals surface area contributed by atoms with E-state index in [1.165, 1.54) is 42.5 Å². The molecule has 0 saturated heterocycles. The fourth-order valence-corrected chi connectivity index (χ4v) is 6.46. The van der Waals surface area contributed by atoms with Crippen LogP contribution in [0.4, 0.5) is 22.0 Å². The maximum atomic E-state index is 14.6. The lowest BCUT2D eigenvalue weighted by Crippen LogP contribution is -2.32. The Morgan fingerprint density at radius 2 is 1.21 bits per heavy atom. The summed E-state index contributed by atoms with van der Waals surface area (Å²) >= 11 is 0. The molecule has 13 heteroatoms. The van der Waals surface area contributed by atoms with Gasteiger partial charge in [-0.1, -0.05) is 12.1 Å². The summed E-state index contributed by atoms with van der Waals surface area (Å²) in [6.07, 6.45) is 0. The summed E-state index contributed by atoms with van der Waals surface area (Å²) in [5.74, 6) is -14.6. The van der Waals surface area contributed by atoms with Crippen LogP contribution in [0, 0.1) is 29.1 Å². The number of esters is 1. The summed E-state index contributed by atoms with van der Waals surface area (Å²) in [4.78, 5) is 10.1. The van der Waals surface area contributed by atoms with E-state index in [-0.39, 0.29) is 39.7 Å². The molecule has 2 aliphatic heterocycles. The van der Waals surface area contributed by atoms with Crippen molar-refractivity contribution in [2.75, 3.05) is 0 Å². The number of rotatable bonds is 2. The monoisotopic (exact) mass is 562 g/mol. The molecule has 0 fully saturated rings. The molecule has 6 rings (SSSR count). The smallest absolute Gasteiger partial charge is 0.341 e. The highest BCUT2D eigenvalue weighted by Crippen LogP contribution is 2.57. The summed E-state index contributed by atoms with van der Waals surface area (Å²) in [6.45, 7) is 0. The Bertz CT molecular complexity index is 1810. The van der Waals surface area contributed by atoms with Crippen LogP contribution < -0.4 is 4.74 Å². The number of halogens is 5. The molecule has 0 unspecified atom stereocenters. The highest BCUT2D eigenvalue weighted by molar-refractivity contribution is 7.91. The average Bonchev–Trinajstić information content (AvgIpc) is 3.18. The first-order valence-corrected chi connectivity index (χ1v) is 12.4. The van der Waals surface area contributed by atoms with Gasteiger partial charge in [0, 0.05) is 28.8 Å². The lowest BCUT2D eigenvalue weighted by atomic mass is 9.77. The van der Waals surface area contributed by atoms with Gasteiger partial charge >= 0.3 is 5.97 Å². The molecular formula is C26H11F5O7S. The second-order valence-electron chi connectivity index (χ2n) is 8.61. The van der Waals surface area contributed by atoms with Gasteiger partial charge in [-0.25, -0.2) is 35.2 Å². The number of phenols is 2. The van der Waals surface area contributed by atoms with Crippen LogP contribution in [0.2, 0.25) is 0 Å². The average molecular weight is 562 g/mol. The van der Waals surface area contributed by atoms with Gasteiger partial charge in [0.15, 0.2) is 28.9 Å². The molecule has 4 aromatic carbocycles. The standard InChI is InChI=1S/C26H11F5O7S/c27-19-20(28)22(30)24(23(31)21(19)29)39(35,36)17-3-1-2-14-18(17)25(34)38-26(14)12-6-4-10(32)8-15(12)37-16-9-11(33)5-7-13(16)26/h1-9,32-33H. The number of hydrogen-bond acceptors (Lipinski definition) is 7. The Kier molecular flexibility index (Phi) is 5.02. The molecule has 0 bridgehead atoms. The number of ether oxygens (including phenoxy) is 2. The lowest BCUT2D eigenvalue weighted by molar-refractivity contribution is 0.0222. The molecule has 0 aromatic heterocycles. The van der Waals surface area contributed by atoms with E-state index in [0.29, 0.717) is 0 Å². The Hall–Kier alpha value is -4.65. The van der Waals surface area contributed by atoms with Crippen molar-refractivity contribution in [3.05, 3.63) is 106 Å². The highest BCUT2D eigenvalue weighted by atomic mass is 32.2. The first-order chi connectivity index (χ1) is 18.4. The third-order valence-corrected chi connectivity index (χ3v) is 8.31. The van der Waals surface area contributed by atoms with Crippen molar-refractivity contribution in [1.82, 2.24) is 0 Å². The summed E-state index contributed by atoms with van der Waals surface area (Å²) in [5.41, 5.74) is -2.62. The van der Waals surface area contributed by atoms with Crippen LogP contribution in [0.1, 0.15) is 27.0 Å². The Morgan fingerprint density at radius 3 is 1.74 bits per heavy atom. The highest BCUT2D eigenvalue weighted by Gasteiger charge is 2.55. The zero-order valence-electron chi connectivity index (χ0n) is 18.9. The predicted molar refractivity (Wildman–Crippen MR) is 120 cm³/mol. The third-order valence-electron chi connectivity index (χ3n) is 6.49. The zero-order chi connectivity index (χ0) is 28.0. The fraction of sp³-hybridized carbons (Fsp3) is 0.0385. The topological polar surface area (TPSA) is 110 Å². The third kappa shape index (κ3) is 3.13. The molecule has 0 aliphatic carbocycles. The summed E-state index contributed by atoms with van der Waals surface area (Å²) in [6, 6.07) is 10.6. The van der Waals surface area contributed by atoms with Gasteiger partial charge in [0.25, 0.3) is 0 Å². The van der Waals surface area contributed by atoms with Gasteiger partial charge < -0.3 is 19.7 Å². The molecule has 0 amide bonds. The van der Waals surface area contributed by atoms with Crippen LogP contribution in [-0.4, -0.2) is 24.6 Å². The van der Waals surface area contributed by atoms with Crippen LogP contribution in [0.3, 0.4) is 0 Å². The lowest BCUT2D eigenvalue weighted by Gasteiger charge is -2.36. The number of phenolic OH excluding ortho intramolecular Hbond substituents is 2. The Labute approximate surface area is 215 Å². The van der Waals surface area contributed by atoms with Gasteiger partial charge in [-0.05, 0) is 30.3 Å². The normalized spacial score (nSPS) is 14.8. The first kappa shape index (κ1) is 24.7. The van der Waals surface area contributed by atoms with Crippen LogP contribution in [0.25, 0.3) is 0 Å². The van der Waals surface area contributed by atoms with Crippen molar-refractivity contribution in [2.24, 2.45) is 0 Å². The number of hydrogen-bond donors (Lipinski definition) is 2. The largest absolute Gasteiger partial charge is 0.508 e. The molecule has 0 atom stereocenters. The van der Waals surface area contributed by atoms with Crippen molar-refractivity contribution in [2.45, 2.75) is 15.4 Å². The number of fused-ring (bicyclic) bond motifs is 6. The predicted octanol–water partition coefficient (Wildman–Crippen LogP) is 5.19. The quantitative estimate of drug-likeness (QED) is 0.114. The second-order valence-corrected chi connectivity index (χ2v) is 10.5. The number of carbonyl (C=O) groups is 1. The molecular weight excluding hydrogens is 551 g/mol.